The Morgan fingerprint density at radius 1 is 1.24 bits per heavy atom. The molecule has 1 aliphatic rings. The Morgan fingerprint density at radius 2 is 1.96 bits per heavy atom. The van der Waals surface area contributed by atoms with Crippen LogP contribution in [0.1, 0.15) is 12.0 Å². The average molecular weight is 335 g/mol. The molecule has 1 unspecified atom stereocenters. The zero-order chi connectivity index (χ0) is 17.8. The molecule has 3 rings (SSSR count). The van der Waals surface area contributed by atoms with E-state index in [1.807, 2.05) is 18.2 Å². The molecule has 1 heterocycles. The van der Waals surface area contributed by atoms with Gasteiger partial charge in [-0.3, -0.25) is 9.59 Å². The highest BCUT2D eigenvalue weighted by atomic mass is 16.5. The molecule has 1 N–H and O–H groups in total. The predicted molar refractivity (Wildman–Crippen MR) is 93.2 cm³/mol. The molecule has 1 aliphatic heterocycles. The van der Waals surface area contributed by atoms with Crippen LogP contribution in [0.5, 0.6) is 5.75 Å². The summed E-state index contributed by atoms with van der Waals surface area (Å²) in [6, 6.07) is 15.9. The molecule has 6 nitrogen and oxygen atoms in total. The van der Waals surface area contributed by atoms with Crippen LogP contribution in [-0.4, -0.2) is 25.5 Å². The van der Waals surface area contributed by atoms with Crippen molar-refractivity contribution in [3.63, 3.8) is 0 Å². The van der Waals surface area contributed by atoms with Crippen LogP contribution < -0.4 is 15.0 Å². The first-order valence-corrected chi connectivity index (χ1v) is 7.87. The van der Waals surface area contributed by atoms with Gasteiger partial charge in [-0.05, 0) is 36.4 Å². The number of methoxy groups -OCH3 is 1. The van der Waals surface area contributed by atoms with Crippen molar-refractivity contribution in [2.75, 3.05) is 23.9 Å². The molecule has 25 heavy (non-hydrogen) atoms. The Balaban J connectivity index is 1.71. The monoisotopic (exact) mass is 335 g/mol. The summed E-state index contributed by atoms with van der Waals surface area (Å²) in [7, 11) is 1.55. The van der Waals surface area contributed by atoms with E-state index in [9.17, 15) is 9.59 Å². The van der Waals surface area contributed by atoms with Crippen LogP contribution in [0.3, 0.4) is 0 Å². The van der Waals surface area contributed by atoms with Gasteiger partial charge in [0, 0.05) is 18.7 Å². The van der Waals surface area contributed by atoms with Gasteiger partial charge in [0.15, 0.2) is 0 Å². The maximum Gasteiger partial charge on any atom is 0.229 e. The smallest absolute Gasteiger partial charge is 0.229 e. The summed E-state index contributed by atoms with van der Waals surface area (Å²) in [5, 5.41) is 11.6. The lowest BCUT2D eigenvalue weighted by molar-refractivity contribution is -0.122. The first-order chi connectivity index (χ1) is 12.1. The third kappa shape index (κ3) is 3.45. The fraction of sp³-hybridized carbons (Fsp3) is 0.211. The lowest BCUT2D eigenvalue weighted by Gasteiger charge is -2.19. The standard InChI is InChI=1S/C19H17N3O3/c1-25-17-5-3-2-4-16(17)22-12-14(10-18(22)23)19(24)21-15-8-6-13(11-20)7-9-15/h2-9,14H,10,12H2,1H3,(H,21,24). The molecule has 2 amide bonds. The zero-order valence-electron chi connectivity index (χ0n) is 13.7. The number of carbonyl (C=O) groups is 2. The number of nitrogens with one attached hydrogen (secondary N) is 1. The van der Waals surface area contributed by atoms with Crippen molar-refractivity contribution in [2.45, 2.75) is 6.42 Å². The Bertz CT molecular complexity index is 840. The maximum atomic E-state index is 12.5. The minimum absolute atomic E-state index is 0.107. The summed E-state index contributed by atoms with van der Waals surface area (Å²) in [4.78, 5) is 26.4. The number of nitrogens with zero attached hydrogens (tertiary/aromatic N) is 2. The molecule has 0 aliphatic carbocycles. The van der Waals surface area contributed by atoms with Crippen molar-refractivity contribution in [1.29, 1.82) is 5.26 Å². The van der Waals surface area contributed by atoms with Crippen LogP contribution in [-0.2, 0) is 9.59 Å². The first-order valence-electron chi connectivity index (χ1n) is 7.87. The second kappa shape index (κ2) is 7.05. The number of hydrogen-bond acceptors (Lipinski definition) is 4. The Morgan fingerprint density at radius 3 is 2.64 bits per heavy atom. The lowest BCUT2D eigenvalue weighted by Crippen LogP contribution is -2.28. The molecular weight excluding hydrogens is 318 g/mol. The summed E-state index contributed by atoms with van der Waals surface area (Å²) in [6.07, 6.45) is 0.153. The van der Waals surface area contributed by atoms with Gasteiger partial charge >= 0.3 is 0 Å². The number of amides is 2. The molecule has 2 aromatic carbocycles. The second-order valence-electron chi connectivity index (χ2n) is 5.76. The van der Waals surface area contributed by atoms with Gasteiger partial charge in [-0.2, -0.15) is 5.26 Å². The summed E-state index contributed by atoms with van der Waals surface area (Å²) in [5.41, 5.74) is 1.80. The molecule has 1 fully saturated rings. The van der Waals surface area contributed by atoms with E-state index >= 15 is 0 Å². The fourth-order valence-corrected chi connectivity index (χ4v) is 2.84. The quantitative estimate of drug-likeness (QED) is 0.931. The maximum absolute atomic E-state index is 12.5. The number of benzene rings is 2. The number of nitriles is 1. The van der Waals surface area contributed by atoms with Gasteiger partial charge < -0.3 is 15.0 Å². The molecule has 0 saturated carbocycles. The number of carbonyl (C=O) groups excluding carboxylic acids is 2. The molecular formula is C19H17N3O3. The van der Waals surface area contributed by atoms with Crippen LogP contribution in [0.25, 0.3) is 0 Å². The Hall–Kier alpha value is -3.33. The fourth-order valence-electron chi connectivity index (χ4n) is 2.84. The van der Waals surface area contributed by atoms with Crippen LogP contribution >= 0.6 is 0 Å². The molecule has 0 spiro atoms. The third-order valence-electron chi connectivity index (χ3n) is 4.15. The SMILES string of the molecule is COc1ccccc1N1CC(C(=O)Nc2ccc(C#N)cc2)CC1=O. The van der Waals surface area contributed by atoms with E-state index in [1.165, 1.54) is 0 Å². The predicted octanol–water partition coefficient (Wildman–Crippen LogP) is 2.56. The lowest BCUT2D eigenvalue weighted by atomic mass is 10.1. The van der Waals surface area contributed by atoms with E-state index in [2.05, 4.69) is 5.32 Å². The van der Waals surface area contributed by atoms with E-state index in [1.54, 1.807) is 48.4 Å². The van der Waals surface area contributed by atoms with E-state index in [0.717, 1.165) is 0 Å². The number of anilines is 2. The van der Waals surface area contributed by atoms with Crippen molar-refractivity contribution in [3.05, 3.63) is 54.1 Å². The van der Waals surface area contributed by atoms with Gasteiger partial charge in [0.1, 0.15) is 5.75 Å². The van der Waals surface area contributed by atoms with E-state index in [4.69, 9.17) is 10.00 Å². The van der Waals surface area contributed by atoms with Crippen LogP contribution in [0.2, 0.25) is 0 Å². The second-order valence-corrected chi connectivity index (χ2v) is 5.76. The van der Waals surface area contributed by atoms with Gasteiger partial charge in [-0.25, -0.2) is 0 Å². The van der Waals surface area contributed by atoms with Gasteiger partial charge in [0.25, 0.3) is 0 Å². The molecule has 126 valence electrons. The van der Waals surface area contributed by atoms with Crippen molar-refractivity contribution >= 4 is 23.2 Å². The van der Waals surface area contributed by atoms with Crippen LogP contribution in [0, 0.1) is 17.2 Å². The highest BCUT2D eigenvalue weighted by molar-refractivity contribution is 6.04. The molecule has 0 radical (unpaired) electrons. The molecule has 0 aromatic heterocycles. The Kier molecular flexibility index (Phi) is 4.66. The summed E-state index contributed by atoms with van der Waals surface area (Å²) >= 11 is 0. The van der Waals surface area contributed by atoms with E-state index in [-0.39, 0.29) is 18.2 Å². The first kappa shape index (κ1) is 16.5. The minimum atomic E-state index is -0.437. The number of hydrogen-bond donors (Lipinski definition) is 1. The molecule has 1 atom stereocenters. The van der Waals surface area contributed by atoms with Crippen LogP contribution in [0.4, 0.5) is 11.4 Å². The molecule has 6 heteroatoms. The summed E-state index contributed by atoms with van der Waals surface area (Å²) < 4.78 is 5.30. The van der Waals surface area contributed by atoms with Gasteiger partial charge in [-0.1, -0.05) is 12.1 Å². The Labute approximate surface area is 145 Å². The molecule has 1 saturated heterocycles. The molecule has 0 bridgehead atoms. The number of rotatable bonds is 4. The highest BCUT2D eigenvalue weighted by Crippen LogP contribution is 2.33. The minimum Gasteiger partial charge on any atom is -0.495 e. The van der Waals surface area contributed by atoms with E-state index in [0.29, 0.717) is 29.2 Å². The van der Waals surface area contributed by atoms with Gasteiger partial charge in [-0.15, -0.1) is 0 Å². The zero-order valence-corrected chi connectivity index (χ0v) is 13.7. The van der Waals surface area contributed by atoms with E-state index < -0.39 is 5.92 Å². The number of ether oxygens (including phenoxy) is 1. The average Bonchev–Trinajstić information content (AvgIpc) is 3.04. The largest absolute Gasteiger partial charge is 0.495 e. The van der Waals surface area contributed by atoms with Crippen molar-refractivity contribution < 1.29 is 14.3 Å². The topological polar surface area (TPSA) is 82.4 Å². The van der Waals surface area contributed by atoms with Gasteiger partial charge in [0.2, 0.25) is 11.8 Å². The summed E-state index contributed by atoms with van der Waals surface area (Å²) in [6.45, 7) is 0.307. The highest BCUT2D eigenvalue weighted by Gasteiger charge is 2.36. The van der Waals surface area contributed by atoms with Crippen LogP contribution in [0.15, 0.2) is 48.5 Å². The number of para-hydroxylation sites is 2. The summed E-state index contributed by atoms with van der Waals surface area (Å²) in [5.74, 6) is -0.156. The third-order valence-corrected chi connectivity index (χ3v) is 4.15. The molecule has 2 aromatic rings. The van der Waals surface area contributed by atoms with Gasteiger partial charge in [0.05, 0.1) is 30.3 Å². The van der Waals surface area contributed by atoms with Crippen molar-refractivity contribution in [2.24, 2.45) is 5.92 Å². The normalized spacial score (nSPS) is 16.4. The van der Waals surface area contributed by atoms with Crippen molar-refractivity contribution in [3.8, 4) is 11.8 Å². The van der Waals surface area contributed by atoms with Crippen molar-refractivity contribution in [1.82, 2.24) is 0 Å².